The number of benzene rings is 1. The third kappa shape index (κ3) is 4.16. The molecular weight excluding hydrogens is 432 g/mol. The van der Waals surface area contributed by atoms with Crippen LogP contribution in [0.2, 0.25) is 5.02 Å². The van der Waals surface area contributed by atoms with Gasteiger partial charge in [-0.05, 0) is 30.3 Å². The molecule has 2 aromatic heterocycles. The molecule has 3 heterocycles. The maximum absolute atomic E-state index is 12.9. The predicted octanol–water partition coefficient (Wildman–Crippen LogP) is 4.95. The van der Waals surface area contributed by atoms with Crippen LogP contribution in [-0.4, -0.2) is 38.0 Å². The Balaban J connectivity index is 1.59. The number of thiazole rings is 1. The summed E-state index contributed by atoms with van der Waals surface area (Å²) in [5.41, 5.74) is 1.63. The molecule has 1 aliphatic rings. The molecule has 0 aliphatic carbocycles. The zero-order valence-corrected chi connectivity index (χ0v) is 17.2. The Morgan fingerprint density at radius 1 is 1.34 bits per heavy atom. The summed E-state index contributed by atoms with van der Waals surface area (Å²) in [6.45, 7) is 0.519. The van der Waals surface area contributed by atoms with Crippen molar-refractivity contribution in [2.75, 3.05) is 12.3 Å². The van der Waals surface area contributed by atoms with Gasteiger partial charge in [0.15, 0.2) is 0 Å². The normalized spacial score (nSPS) is 15.1. The molecule has 0 spiro atoms. The first kappa shape index (κ1) is 19.6. The minimum atomic E-state index is -0.593. The molecule has 0 radical (unpaired) electrons. The number of nitro groups is 1. The van der Waals surface area contributed by atoms with Crippen molar-refractivity contribution in [2.45, 2.75) is 0 Å². The molecule has 1 aromatic carbocycles. The number of aromatic nitrogens is 2. The fraction of sp³-hybridized carbons (Fsp3) is 0.105. The zero-order valence-electron chi connectivity index (χ0n) is 14.8. The molecule has 0 saturated carbocycles. The Morgan fingerprint density at radius 2 is 2.21 bits per heavy atom. The van der Waals surface area contributed by atoms with Gasteiger partial charge in [0.2, 0.25) is 0 Å². The number of hydrogen-bond acceptors (Lipinski definition) is 7. The third-order valence-corrected chi connectivity index (χ3v) is 6.42. The number of carbonyl (C=O) groups is 1. The number of thioether (sulfide) groups is 1. The SMILES string of the molecule is O=C(c1ccc(Cl)c([N+](=O)[O-])c1)N1CCS/C1=C/c1csc(-c2cccnc2)n1. The molecule has 1 aliphatic heterocycles. The number of nitrogens with zero attached hydrogens (tertiary/aromatic N) is 4. The molecule has 0 bridgehead atoms. The lowest BCUT2D eigenvalue weighted by atomic mass is 10.1. The van der Waals surface area contributed by atoms with Gasteiger partial charge >= 0.3 is 0 Å². The van der Waals surface area contributed by atoms with E-state index in [1.807, 2.05) is 23.6 Å². The van der Waals surface area contributed by atoms with E-state index in [9.17, 15) is 14.9 Å². The lowest BCUT2D eigenvalue weighted by Gasteiger charge is -2.16. The van der Waals surface area contributed by atoms with E-state index < -0.39 is 4.92 Å². The standard InChI is InChI=1S/C19H13ClN4O3S2/c20-15-4-3-12(8-16(15)24(26)27)19(25)23-6-7-28-17(23)9-14-11-29-18(22-14)13-2-1-5-21-10-13/h1-5,8-11H,6-7H2/b17-9+. The first-order chi connectivity index (χ1) is 14.0. The molecule has 0 unspecified atom stereocenters. The predicted molar refractivity (Wildman–Crippen MR) is 115 cm³/mol. The number of nitro benzene ring substituents is 1. The van der Waals surface area contributed by atoms with Crippen LogP contribution < -0.4 is 0 Å². The van der Waals surface area contributed by atoms with Gasteiger partial charge in [0.05, 0.1) is 15.6 Å². The summed E-state index contributed by atoms with van der Waals surface area (Å²) < 4.78 is 0. The maximum Gasteiger partial charge on any atom is 0.288 e. The summed E-state index contributed by atoms with van der Waals surface area (Å²) in [5.74, 6) is 0.441. The fourth-order valence-electron chi connectivity index (χ4n) is 2.79. The summed E-state index contributed by atoms with van der Waals surface area (Å²) in [5, 5.41) is 14.6. The average molecular weight is 445 g/mol. The van der Waals surface area contributed by atoms with Gasteiger partial charge in [0, 0.05) is 47.3 Å². The molecule has 7 nitrogen and oxygen atoms in total. The highest BCUT2D eigenvalue weighted by Gasteiger charge is 2.27. The lowest BCUT2D eigenvalue weighted by molar-refractivity contribution is -0.384. The van der Waals surface area contributed by atoms with E-state index in [1.54, 1.807) is 29.1 Å². The molecule has 146 valence electrons. The van der Waals surface area contributed by atoms with Crippen molar-refractivity contribution in [3.8, 4) is 10.6 Å². The van der Waals surface area contributed by atoms with Crippen LogP contribution in [0.4, 0.5) is 5.69 Å². The number of carbonyl (C=O) groups excluding carboxylic acids is 1. The second kappa shape index (κ2) is 8.32. The number of pyridine rings is 1. The second-order valence-corrected chi connectivity index (χ2v) is 8.41. The van der Waals surface area contributed by atoms with Crippen LogP contribution in [0.3, 0.4) is 0 Å². The van der Waals surface area contributed by atoms with E-state index in [1.165, 1.54) is 29.5 Å². The number of hydrogen-bond donors (Lipinski definition) is 0. The molecule has 1 amide bonds. The Morgan fingerprint density at radius 3 is 2.97 bits per heavy atom. The average Bonchev–Trinajstić information content (AvgIpc) is 3.38. The Labute approximate surface area is 179 Å². The van der Waals surface area contributed by atoms with Gasteiger partial charge in [-0.15, -0.1) is 23.1 Å². The lowest BCUT2D eigenvalue weighted by Crippen LogP contribution is -2.26. The van der Waals surface area contributed by atoms with Gasteiger partial charge in [-0.25, -0.2) is 4.98 Å². The van der Waals surface area contributed by atoms with Crippen molar-refractivity contribution in [1.29, 1.82) is 0 Å². The summed E-state index contributed by atoms with van der Waals surface area (Å²) in [6.07, 6.45) is 5.32. The molecule has 4 rings (SSSR count). The van der Waals surface area contributed by atoms with E-state index >= 15 is 0 Å². The van der Waals surface area contributed by atoms with Gasteiger partial charge in [-0.2, -0.15) is 0 Å². The molecule has 1 fully saturated rings. The minimum absolute atomic E-state index is 0.00326. The highest BCUT2D eigenvalue weighted by molar-refractivity contribution is 8.03. The van der Waals surface area contributed by atoms with Gasteiger partial charge in [-0.3, -0.25) is 19.9 Å². The Hall–Kier alpha value is -2.75. The van der Waals surface area contributed by atoms with E-state index in [4.69, 9.17) is 11.6 Å². The molecular formula is C19H13ClN4O3S2. The smallest absolute Gasteiger partial charge is 0.288 e. The molecule has 0 atom stereocenters. The first-order valence-electron chi connectivity index (χ1n) is 8.49. The molecule has 1 saturated heterocycles. The number of rotatable bonds is 4. The third-order valence-electron chi connectivity index (χ3n) is 4.17. The summed E-state index contributed by atoms with van der Waals surface area (Å²) in [4.78, 5) is 33.8. The van der Waals surface area contributed by atoms with Crippen LogP contribution in [0.25, 0.3) is 16.6 Å². The minimum Gasteiger partial charge on any atom is -0.302 e. The van der Waals surface area contributed by atoms with E-state index in [-0.39, 0.29) is 22.2 Å². The number of halogens is 1. The van der Waals surface area contributed by atoms with Crippen LogP contribution in [0.5, 0.6) is 0 Å². The van der Waals surface area contributed by atoms with E-state index in [0.717, 1.165) is 27.0 Å². The van der Waals surface area contributed by atoms with Crippen molar-refractivity contribution in [3.63, 3.8) is 0 Å². The number of amides is 1. The molecule has 10 heteroatoms. The van der Waals surface area contributed by atoms with Gasteiger partial charge < -0.3 is 4.90 Å². The van der Waals surface area contributed by atoms with Crippen LogP contribution in [0.15, 0.2) is 53.1 Å². The van der Waals surface area contributed by atoms with E-state index in [2.05, 4.69) is 9.97 Å². The van der Waals surface area contributed by atoms with Crippen LogP contribution in [0.1, 0.15) is 16.1 Å². The highest BCUT2D eigenvalue weighted by Crippen LogP contribution is 2.33. The molecule has 0 N–H and O–H groups in total. The Kier molecular flexibility index (Phi) is 5.61. The summed E-state index contributed by atoms with van der Waals surface area (Å²) in [6, 6.07) is 7.89. The highest BCUT2D eigenvalue weighted by atomic mass is 35.5. The first-order valence-corrected chi connectivity index (χ1v) is 10.7. The molecule has 3 aromatic rings. The monoisotopic (exact) mass is 444 g/mol. The fourth-order valence-corrected chi connectivity index (χ4v) is 4.76. The summed E-state index contributed by atoms with van der Waals surface area (Å²) >= 11 is 8.90. The van der Waals surface area contributed by atoms with Gasteiger partial charge in [0.25, 0.3) is 11.6 Å². The van der Waals surface area contributed by atoms with Crippen molar-refractivity contribution in [2.24, 2.45) is 0 Å². The van der Waals surface area contributed by atoms with E-state index in [0.29, 0.717) is 6.54 Å². The van der Waals surface area contributed by atoms with Gasteiger partial charge in [0.1, 0.15) is 10.0 Å². The van der Waals surface area contributed by atoms with Crippen molar-refractivity contribution < 1.29 is 9.72 Å². The van der Waals surface area contributed by atoms with Crippen LogP contribution >= 0.6 is 34.7 Å². The molecule has 29 heavy (non-hydrogen) atoms. The van der Waals surface area contributed by atoms with Crippen LogP contribution in [-0.2, 0) is 0 Å². The zero-order chi connectivity index (χ0) is 20.4. The second-order valence-electron chi connectivity index (χ2n) is 6.03. The quantitative estimate of drug-likeness (QED) is 0.417. The maximum atomic E-state index is 12.9. The van der Waals surface area contributed by atoms with Gasteiger partial charge in [-0.1, -0.05) is 11.6 Å². The van der Waals surface area contributed by atoms with Crippen molar-refractivity contribution in [1.82, 2.24) is 14.9 Å². The topological polar surface area (TPSA) is 89.2 Å². The van der Waals surface area contributed by atoms with Crippen molar-refractivity contribution in [3.05, 3.63) is 79.5 Å². The largest absolute Gasteiger partial charge is 0.302 e. The van der Waals surface area contributed by atoms with Crippen LogP contribution in [0, 0.1) is 10.1 Å². The van der Waals surface area contributed by atoms with Crippen molar-refractivity contribution >= 4 is 52.4 Å². The Bertz CT molecular complexity index is 1120. The summed E-state index contributed by atoms with van der Waals surface area (Å²) in [7, 11) is 0.